The van der Waals surface area contributed by atoms with E-state index in [2.05, 4.69) is 0 Å². The maximum absolute atomic E-state index is 9.56. The summed E-state index contributed by atoms with van der Waals surface area (Å²) in [5.41, 5.74) is 0. The first-order chi connectivity index (χ1) is 7.27. The van der Waals surface area contributed by atoms with Gasteiger partial charge in [-0.1, -0.05) is 36.0 Å². The van der Waals surface area contributed by atoms with Crippen LogP contribution in [-0.2, 0) is 21.1 Å². The Morgan fingerprint density at radius 2 is 1.06 bits per heavy atom. The fourth-order valence-electron chi connectivity index (χ4n) is 1.21. The number of benzene rings is 2. The topological polar surface area (TPSA) is 40.5 Å². The SMILES string of the molecule is Oc1ccccc1Sc1ccccc1O.[Mo]. The van der Waals surface area contributed by atoms with Crippen molar-refractivity contribution >= 4 is 11.8 Å². The van der Waals surface area contributed by atoms with Gasteiger partial charge in [-0.2, -0.15) is 0 Å². The van der Waals surface area contributed by atoms with Crippen molar-refractivity contribution in [3.05, 3.63) is 48.5 Å². The molecule has 0 aliphatic rings. The Bertz CT molecular complexity index is 431. The number of hydrogen-bond donors (Lipinski definition) is 2. The summed E-state index contributed by atoms with van der Waals surface area (Å²) in [6.07, 6.45) is 0. The van der Waals surface area contributed by atoms with Crippen molar-refractivity contribution < 1.29 is 31.3 Å². The van der Waals surface area contributed by atoms with Crippen LogP contribution in [0.15, 0.2) is 58.3 Å². The van der Waals surface area contributed by atoms with Crippen molar-refractivity contribution in [2.45, 2.75) is 9.79 Å². The molecule has 0 aliphatic heterocycles. The number of phenols is 2. The van der Waals surface area contributed by atoms with Gasteiger partial charge in [0.1, 0.15) is 11.5 Å². The molecule has 0 radical (unpaired) electrons. The largest absolute Gasteiger partial charge is 0.507 e. The molecule has 82 valence electrons. The molecule has 0 saturated carbocycles. The maximum atomic E-state index is 9.56. The predicted octanol–water partition coefficient (Wildman–Crippen LogP) is 3.25. The summed E-state index contributed by atoms with van der Waals surface area (Å²) in [7, 11) is 0. The van der Waals surface area contributed by atoms with E-state index in [1.807, 2.05) is 24.3 Å². The van der Waals surface area contributed by atoms with E-state index in [0.29, 0.717) is 0 Å². The Kier molecular flexibility index (Phi) is 4.91. The smallest absolute Gasteiger partial charge is 0.129 e. The van der Waals surface area contributed by atoms with Gasteiger partial charge in [-0.3, -0.25) is 0 Å². The molecule has 0 aliphatic carbocycles. The molecule has 2 N–H and O–H groups in total. The number of phenolic OH excluding ortho intramolecular Hbond substituents is 2. The maximum Gasteiger partial charge on any atom is 0.129 e. The van der Waals surface area contributed by atoms with E-state index in [1.54, 1.807) is 24.3 Å². The first kappa shape index (κ1) is 13.1. The molecule has 0 saturated heterocycles. The van der Waals surface area contributed by atoms with Gasteiger partial charge in [-0.05, 0) is 24.3 Å². The first-order valence-corrected chi connectivity index (χ1v) is 5.33. The van der Waals surface area contributed by atoms with Gasteiger partial charge < -0.3 is 10.2 Å². The van der Waals surface area contributed by atoms with Crippen LogP contribution in [0, 0.1) is 0 Å². The van der Waals surface area contributed by atoms with Gasteiger partial charge in [0.05, 0.1) is 9.79 Å². The molecule has 2 aromatic rings. The Morgan fingerprint density at radius 3 is 1.44 bits per heavy atom. The third kappa shape index (κ3) is 3.03. The Balaban J connectivity index is 0.00000128. The van der Waals surface area contributed by atoms with Crippen LogP contribution in [0.1, 0.15) is 0 Å². The van der Waals surface area contributed by atoms with Crippen LogP contribution in [0.25, 0.3) is 0 Å². The van der Waals surface area contributed by atoms with Crippen molar-refractivity contribution in [2.75, 3.05) is 0 Å². The Labute approximate surface area is 113 Å². The molecular formula is C12H10MoO2S. The van der Waals surface area contributed by atoms with E-state index in [4.69, 9.17) is 0 Å². The Hall–Kier alpha value is -0.922. The van der Waals surface area contributed by atoms with Crippen molar-refractivity contribution in [3.8, 4) is 11.5 Å². The zero-order valence-corrected chi connectivity index (χ0v) is 11.2. The van der Waals surface area contributed by atoms with Crippen molar-refractivity contribution in [3.63, 3.8) is 0 Å². The van der Waals surface area contributed by atoms with Gasteiger partial charge in [0.25, 0.3) is 0 Å². The van der Waals surface area contributed by atoms with Crippen LogP contribution in [0.3, 0.4) is 0 Å². The summed E-state index contributed by atoms with van der Waals surface area (Å²) in [5, 5.41) is 19.1. The Morgan fingerprint density at radius 1 is 0.688 bits per heavy atom. The van der Waals surface area contributed by atoms with E-state index in [0.717, 1.165) is 9.79 Å². The molecule has 4 heteroatoms. The predicted molar refractivity (Wildman–Crippen MR) is 60.3 cm³/mol. The quantitative estimate of drug-likeness (QED) is 0.836. The minimum atomic E-state index is 0. The van der Waals surface area contributed by atoms with Gasteiger partial charge in [0, 0.05) is 21.1 Å². The molecule has 16 heavy (non-hydrogen) atoms. The van der Waals surface area contributed by atoms with Gasteiger partial charge in [0.15, 0.2) is 0 Å². The number of aromatic hydroxyl groups is 2. The second kappa shape index (κ2) is 5.97. The number of hydrogen-bond acceptors (Lipinski definition) is 3. The minimum Gasteiger partial charge on any atom is -0.507 e. The summed E-state index contributed by atoms with van der Waals surface area (Å²) < 4.78 is 0. The third-order valence-electron chi connectivity index (χ3n) is 1.95. The molecule has 2 rings (SSSR count). The molecule has 0 amide bonds. The summed E-state index contributed by atoms with van der Waals surface area (Å²) >= 11 is 1.34. The molecule has 0 spiro atoms. The summed E-state index contributed by atoms with van der Waals surface area (Å²) in [5.74, 6) is 0.455. The fourth-order valence-corrected chi connectivity index (χ4v) is 2.08. The molecule has 0 aromatic heterocycles. The van der Waals surface area contributed by atoms with Crippen LogP contribution in [0.2, 0.25) is 0 Å². The summed E-state index contributed by atoms with van der Waals surface area (Å²) in [6, 6.07) is 14.1. The molecule has 2 nitrogen and oxygen atoms in total. The minimum absolute atomic E-state index is 0. The van der Waals surface area contributed by atoms with E-state index in [9.17, 15) is 10.2 Å². The normalized spacial score (nSPS) is 9.50. The zero-order valence-electron chi connectivity index (χ0n) is 8.33. The molecule has 0 fully saturated rings. The van der Waals surface area contributed by atoms with Crippen LogP contribution < -0.4 is 0 Å². The molecule has 0 atom stereocenters. The van der Waals surface area contributed by atoms with Gasteiger partial charge in [-0.25, -0.2) is 0 Å². The fraction of sp³-hybridized carbons (Fsp3) is 0. The second-order valence-corrected chi connectivity index (χ2v) is 4.12. The third-order valence-corrected chi connectivity index (χ3v) is 3.08. The molecule has 0 heterocycles. The van der Waals surface area contributed by atoms with Gasteiger partial charge >= 0.3 is 0 Å². The van der Waals surface area contributed by atoms with E-state index in [-0.39, 0.29) is 32.6 Å². The summed E-state index contributed by atoms with van der Waals surface area (Å²) in [4.78, 5) is 1.47. The average Bonchev–Trinajstić information content (AvgIpc) is 2.24. The zero-order chi connectivity index (χ0) is 10.7. The summed E-state index contributed by atoms with van der Waals surface area (Å²) in [6.45, 7) is 0. The van der Waals surface area contributed by atoms with Crippen molar-refractivity contribution in [1.29, 1.82) is 0 Å². The number of rotatable bonds is 2. The first-order valence-electron chi connectivity index (χ1n) is 4.51. The van der Waals surface area contributed by atoms with Gasteiger partial charge in [-0.15, -0.1) is 0 Å². The van der Waals surface area contributed by atoms with Crippen LogP contribution >= 0.6 is 11.8 Å². The van der Waals surface area contributed by atoms with E-state index < -0.39 is 0 Å². The van der Waals surface area contributed by atoms with E-state index in [1.165, 1.54) is 11.8 Å². The van der Waals surface area contributed by atoms with Crippen LogP contribution in [-0.4, -0.2) is 10.2 Å². The molecule has 0 unspecified atom stereocenters. The van der Waals surface area contributed by atoms with Crippen LogP contribution in [0.4, 0.5) is 0 Å². The average molecular weight is 314 g/mol. The van der Waals surface area contributed by atoms with Crippen molar-refractivity contribution in [2.24, 2.45) is 0 Å². The van der Waals surface area contributed by atoms with Crippen LogP contribution in [0.5, 0.6) is 11.5 Å². The molecule has 2 aromatic carbocycles. The van der Waals surface area contributed by atoms with E-state index >= 15 is 0 Å². The standard InChI is InChI=1S/C12H10O2S.Mo/c13-9-5-1-3-7-11(9)15-12-8-4-2-6-10(12)14;/h1-8,13-14H;. The molecule has 0 bridgehead atoms. The van der Waals surface area contributed by atoms with Gasteiger partial charge in [0.2, 0.25) is 0 Å². The van der Waals surface area contributed by atoms with Crippen molar-refractivity contribution in [1.82, 2.24) is 0 Å². The monoisotopic (exact) mass is 316 g/mol. The number of para-hydroxylation sites is 2. The second-order valence-electron chi connectivity index (χ2n) is 3.04. The molecular weight excluding hydrogens is 304 g/mol.